The van der Waals surface area contributed by atoms with E-state index in [1.807, 2.05) is 6.92 Å². The summed E-state index contributed by atoms with van der Waals surface area (Å²) in [6, 6.07) is 4.65. The first-order valence-corrected chi connectivity index (χ1v) is 11.2. The molecule has 1 amide bonds. The molecule has 1 fully saturated rings. The van der Waals surface area contributed by atoms with Crippen LogP contribution < -0.4 is 10.6 Å². The van der Waals surface area contributed by atoms with Gasteiger partial charge in [0.25, 0.3) is 11.8 Å². The van der Waals surface area contributed by atoms with Crippen LogP contribution in [0.3, 0.4) is 0 Å². The molecule has 3 heterocycles. The zero-order valence-corrected chi connectivity index (χ0v) is 20.0. The highest BCUT2D eigenvalue weighted by atomic mass is 19.4. The molecule has 0 radical (unpaired) electrons. The molecule has 3 rings (SSSR count). The number of anilines is 1. The fourth-order valence-corrected chi connectivity index (χ4v) is 4.12. The lowest BCUT2D eigenvalue weighted by atomic mass is 9.87. The predicted molar refractivity (Wildman–Crippen MR) is 126 cm³/mol. The summed E-state index contributed by atoms with van der Waals surface area (Å²) in [5, 5.41) is 14.1. The number of piperidine rings is 1. The van der Waals surface area contributed by atoms with Crippen molar-refractivity contribution in [2.45, 2.75) is 38.4 Å². The summed E-state index contributed by atoms with van der Waals surface area (Å²) in [5.74, 6) is -4.62. The number of rotatable bonds is 7. The van der Waals surface area contributed by atoms with Crippen molar-refractivity contribution in [3.63, 3.8) is 0 Å². The van der Waals surface area contributed by atoms with Gasteiger partial charge in [-0.1, -0.05) is 6.92 Å². The van der Waals surface area contributed by atoms with E-state index in [1.165, 1.54) is 12.4 Å². The Kier molecular flexibility index (Phi) is 7.95. The lowest BCUT2D eigenvalue weighted by molar-refractivity contribution is -0.145. The van der Waals surface area contributed by atoms with Crippen LogP contribution in [0.15, 0.2) is 42.9 Å². The highest BCUT2D eigenvalue weighted by molar-refractivity contribution is 6.54. The van der Waals surface area contributed by atoms with E-state index in [0.717, 1.165) is 22.6 Å². The number of amides is 1. The Balaban J connectivity index is 1.84. The van der Waals surface area contributed by atoms with Crippen LogP contribution in [0.25, 0.3) is 5.57 Å². The van der Waals surface area contributed by atoms with Gasteiger partial charge in [0.05, 0.1) is 23.8 Å². The zero-order chi connectivity index (χ0) is 26.7. The molecule has 7 nitrogen and oxygen atoms in total. The third-order valence-corrected chi connectivity index (χ3v) is 5.89. The van der Waals surface area contributed by atoms with Crippen molar-refractivity contribution in [2.24, 2.45) is 5.92 Å². The highest BCUT2D eigenvalue weighted by Gasteiger charge is 2.46. The van der Waals surface area contributed by atoms with Gasteiger partial charge in [-0.25, -0.2) is 13.8 Å². The minimum absolute atomic E-state index is 0.0393. The van der Waals surface area contributed by atoms with Gasteiger partial charge in [-0.15, -0.1) is 0 Å². The summed E-state index contributed by atoms with van der Waals surface area (Å²) in [6.45, 7) is 2.45. The van der Waals surface area contributed by atoms with Crippen molar-refractivity contribution in [3.05, 3.63) is 59.7 Å². The molecule has 0 bridgehead atoms. The molecular weight excluding hydrogens is 483 g/mol. The molecule has 2 atom stereocenters. The minimum atomic E-state index is -4.54. The smallest absolute Gasteiger partial charge is 0.393 e. The van der Waals surface area contributed by atoms with E-state index in [0.29, 0.717) is 11.9 Å². The van der Waals surface area contributed by atoms with Gasteiger partial charge in [-0.05, 0) is 42.7 Å². The van der Waals surface area contributed by atoms with Gasteiger partial charge >= 0.3 is 6.18 Å². The molecule has 0 aromatic carbocycles. The average molecular weight is 511 g/mol. The first-order valence-electron chi connectivity index (χ1n) is 11.2. The van der Waals surface area contributed by atoms with E-state index in [1.54, 1.807) is 26.1 Å². The number of hydrogen-bond acceptors (Lipinski definition) is 6. The molecule has 1 aliphatic heterocycles. The molecule has 36 heavy (non-hydrogen) atoms. The maximum Gasteiger partial charge on any atom is 0.417 e. The van der Waals surface area contributed by atoms with Crippen molar-refractivity contribution in [2.75, 3.05) is 25.5 Å². The van der Waals surface area contributed by atoms with E-state index in [2.05, 4.69) is 20.6 Å². The molecule has 1 saturated heterocycles. The quantitative estimate of drug-likeness (QED) is 0.380. The summed E-state index contributed by atoms with van der Waals surface area (Å²) < 4.78 is 67.4. The number of alkyl halides is 5. The molecule has 2 aromatic heterocycles. The maximum absolute atomic E-state index is 14.5. The number of nitrogens with one attached hydrogen (secondary N) is 3. The van der Waals surface area contributed by atoms with E-state index in [-0.39, 0.29) is 17.9 Å². The lowest BCUT2D eigenvalue weighted by Gasteiger charge is -2.43. The molecule has 0 spiro atoms. The Bertz CT molecular complexity index is 1130. The minimum Gasteiger partial charge on any atom is -0.393 e. The second-order valence-corrected chi connectivity index (χ2v) is 8.79. The largest absolute Gasteiger partial charge is 0.417 e. The Morgan fingerprint density at radius 3 is 2.58 bits per heavy atom. The Hall–Kier alpha value is -3.57. The van der Waals surface area contributed by atoms with Crippen LogP contribution in [0.5, 0.6) is 0 Å². The van der Waals surface area contributed by atoms with Gasteiger partial charge in [0.2, 0.25) is 0 Å². The molecule has 3 N–H and O–H groups in total. The predicted octanol–water partition coefficient (Wildman–Crippen LogP) is 4.37. The summed E-state index contributed by atoms with van der Waals surface area (Å²) >= 11 is 0. The number of carbonyl (C=O) groups is 1. The SMILES string of the molecule is CN/C=C(\C(=N)C(=O)N1CC(F)(F)C[C@@H](C)C1CNc1ccc(C(F)(F)F)cn1)c1cc(C)ccn1. The molecule has 0 aliphatic carbocycles. The molecule has 12 heteroatoms. The van der Waals surface area contributed by atoms with E-state index < -0.39 is 54.2 Å². The number of aryl methyl sites for hydroxylation is 1. The van der Waals surface area contributed by atoms with Crippen LogP contribution in [0.4, 0.5) is 27.8 Å². The molecule has 194 valence electrons. The number of carbonyl (C=O) groups excluding carboxylic acids is 1. The van der Waals surface area contributed by atoms with Gasteiger partial charge in [-0.2, -0.15) is 13.2 Å². The first-order chi connectivity index (χ1) is 16.8. The molecule has 1 aliphatic rings. The maximum atomic E-state index is 14.5. The first kappa shape index (κ1) is 27.0. The standard InChI is InChI=1S/C24H27F5N6O/c1-14-6-7-32-18(8-14)17(11-31-3)21(30)22(36)35-13-23(25,26)9-15(2)19(35)12-34-20-5-4-16(10-33-20)24(27,28)29/h4-8,10-11,15,19,30-31H,9,12-13H2,1-3H3,(H,33,34)/b17-11-,30-21?/t15-,19?/m1/s1. The van der Waals surface area contributed by atoms with Crippen molar-refractivity contribution < 1.29 is 26.7 Å². The summed E-state index contributed by atoms with van der Waals surface area (Å²) in [4.78, 5) is 22.3. The van der Waals surface area contributed by atoms with Crippen LogP contribution in [0, 0.1) is 18.3 Å². The van der Waals surface area contributed by atoms with E-state index >= 15 is 0 Å². The molecule has 2 aromatic rings. The third-order valence-electron chi connectivity index (χ3n) is 5.89. The van der Waals surface area contributed by atoms with E-state index in [9.17, 15) is 26.7 Å². The van der Waals surface area contributed by atoms with Crippen molar-refractivity contribution in [3.8, 4) is 0 Å². The van der Waals surface area contributed by atoms with Gasteiger partial charge in [-0.3, -0.25) is 15.2 Å². The van der Waals surface area contributed by atoms with Gasteiger partial charge in [0, 0.05) is 44.2 Å². The number of nitrogens with zero attached hydrogens (tertiary/aromatic N) is 3. The Morgan fingerprint density at radius 1 is 1.28 bits per heavy atom. The van der Waals surface area contributed by atoms with E-state index in [4.69, 9.17) is 5.41 Å². The zero-order valence-electron chi connectivity index (χ0n) is 20.0. The van der Waals surface area contributed by atoms with Gasteiger partial charge < -0.3 is 15.5 Å². The monoisotopic (exact) mass is 510 g/mol. The Labute approximate surface area is 205 Å². The number of hydrogen-bond donors (Lipinski definition) is 3. The van der Waals surface area contributed by atoms with Crippen LogP contribution in [0.1, 0.15) is 30.2 Å². The fourth-order valence-electron chi connectivity index (χ4n) is 4.12. The number of pyridine rings is 2. The summed E-state index contributed by atoms with van der Waals surface area (Å²) in [5.41, 5.74) is -0.110. The third kappa shape index (κ3) is 6.35. The summed E-state index contributed by atoms with van der Waals surface area (Å²) in [7, 11) is 1.58. The second kappa shape index (κ2) is 10.6. The normalized spacial score (nSPS) is 20.1. The lowest BCUT2D eigenvalue weighted by Crippen LogP contribution is -2.58. The number of aromatic nitrogens is 2. The van der Waals surface area contributed by atoms with Crippen molar-refractivity contribution in [1.29, 1.82) is 5.41 Å². The second-order valence-electron chi connectivity index (χ2n) is 8.79. The number of likely N-dealkylation sites (tertiary alicyclic amines) is 1. The fraction of sp³-hybridized carbons (Fsp3) is 0.417. The van der Waals surface area contributed by atoms with Crippen LogP contribution in [-0.2, 0) is 11.0 Å². The summed E-state index contributed by atoms with van der Waals surface area (Å²) in [6.07, 6.45) is -1.42. The topological polar surface area (TPSA) is 94.0 Å². The van der Waals surface area contributed by atoms with Gasteiger partial charge in [0.15, 0.2) is 0 Å². The number of halogens is 5. The molecular formula is C24H27F5N6O. The molecule has 0 saturated carbocycles. The van der Waals surface area contributed by atoms with Crippen LogP contribution in [0.2, 0.25) is 0 Å². The van der Waals surface area contributed by atoms with Gasteiger partial charge in [0.1, 0.15) is 11.5 Å². The van der Waals surface area contributed by atoms with Crippen molar-refractivity contribution >= 4 is 23.0 Å². The van der Waals surface area contributed by atoms with Crippen molar-refractivity contribution in [1.82, 2.24) is 20.2 Å². The highest BCUT2D eigenvalue weighted by Crippen LogP contribution is 2.35. The molecule has 1 unspecified atom stereocenters. The van der Waals surface area contributed by atoms with Crippen LogP contribution >= 0.6 is 0 Å². The van der Waals surface area contributed by atoms with Crippen LogP contribution in [-0.4, -0.2) is 58.6 Å². The Morgan fingerprint density at radius 2 is 2.00 bits per heavy atom. The average Bonchev–Trinajstić information content (AvgIpc) is 2.80.